The van der Waals surface area contributed by atoms with Crippen molar-refractivity contribution < 1.29 is 9.90 Å². The Morgan fingerprint density at radius 3 is 2.89 bits per heavy atom. The third-order valence-corrected chi connectivity index (χ3v) is 3.85. The van der Waals surface area contributed by atoms with Gasteiger partial charge in [0.25, 0.3) is 0 Å². The Bertz CT molecular complexity index is 451. The smallest absolute Gasteiger partial charge is 0.307 e. The summed E-state index contributed by atoms with van der Waals surface area (Å²) in [4.78, 5) is 13.1. The molecule has 1 aromatic carbocycles. The number of piperidine rings is 1. The highest BCUT2D eigenvalue weighted by Crippen LogP contribution is 2.24. The second-order valence-electron chi connectivity index (χ2n) is 4.65. The first kappa shape index (κ1) is 13.7. The summed E-state index contributed by atoms with van der Waals surface area (Å²) < 4.78 is 0. The number of carboxylic acid groups (broad SMARTS) is 1. The first-order valence-electron chi connectivity index (χ1n) is 5.95. The Hall–Kier alpha value is -0.770. The number of halogens is 2. The first-order valence-corrected chi connectivity index (χ1v) is 6.71. The fraction of sp³-hybridized carbons (Fsp3) is 0.462. The molecule has 0 aliphatic carbocycles. The Morgan fingerprint density at radius 2 is 2.22 bits per heavy atom. The molecule has 1 fully saturated rings. The van der Waals surface area contributed by atoms with Crippen LogP contribution < -0.4 is 0 Å². The zero-order valence-corrected chi connectivity index (χ0v) is 11.4. The van der Waals surface area contributed by atoms with E-state index < -0.39 is 5.97 Å². The summed E-state index contributed by atoms with van der Waals surface area (Å²) >= 11 is 12.0. The molecule has 5 heteroatoms. The van der Waals surface area contributed by atoms with Crippen LogP contribution in [0.25, 0.3) is 0 Å². The Morgan fingerprint density at radius 1 is 1.44 bits per heavy atom. The van der Waals surface area contributed by atoms with Gasteiger partial charge in [0.1, 0.15) is 0 Å². The molecule has 0 spiro atoms. The lowest BCUT2D eigenvalue weighted by molar-refractivity contribution is -0.143. The van der Waals surface area contributed by atoms with Crippen molar-refractivity contribution in [2.45, 2.75) is 19.4 Å². The molecule has 3 nitrogen and oxygen atoms in total. The summed E-state index contributed by atoms with van der Waals surface area (Å²) in [6, 6.07) is 5.42. The van der Waals surface area contributed by atoms with Gasteiger partial charge in [-0.15, -0.1) is 0 Å². The van der Waals surface area contributed by atoms with E-state index in [0.29, 0.717) is 23.1 Å². The van der Waals surface area contributed by atoms with Crippen molar-refractivity contribution in [1.82, 2.24) is 4.90 Å². The fourth-order valence-electron chi connectivity index (χ4n) is 2.29. The second-order valence-corrected chi connectivity index (χ2v) is 5.49. The van der Waals surface area contributed by atoms with Gasteiger partial charge in [-0.1, -0.05) is 29.3 Å². The van der Waals surface area contributed by atoms with Crippen molar-refractivity contribution >= 4 is 29.2 Å². The predicted octanol–water partition coefficient (Wildman–Crippen LogP) is 3.29. The molecule has 0 radical (unpaired) electrons. The van der Waals surface area contributed by atoms with Crippen molar-refractivity contribution in [1.29, 1.82) is 0 Å². The monoisotopic (exact) mass is 287 g/mol. The molecular formula is C13H15Cl2NO2. The number of nitrogens with zero attached hydrogens (tertiary/aromatic N) is 1. The third-order valence-electron chi connectivity index (χ3n) is 3.26. The lowest BCUT2D eigenvalue weighted by Crippen LogP contribution is -2.38. The van der Waals surface area contributed by atoms with E-state index in [1.807, 2.05) is 6.07 Å². The minimum absolute atomic E-state index is 0.259. The minimum Gasteiger partial charge on any atom is -0.481 e. The molecule has 18 heavy (non-hydrogen) atoms. The Kier molecular flexibility index (Phi) is 4.49. The van der Waals surface area contributed by atoms with Gasteiger partial charge in [0.05, 0.1) is 5.92 Å². The number of hydrogen-bond acceptors (Lipinski definition) is 2. The SMILES string of the molecule is O=C(O)[C@H]1CCCN(Cc2ccc(Cl)cc2Cl)C1. The van der Waals surface area contributed by atoms with E-state index in [0.717, 1.165) is 24.9 Å². The van der Waals surface area contributed by atoms with Gasteiger partial charge in [-0.3, -0.25) is 9.69 Å². The molecule has 0 aromatic heterocycles. The van der Waals surface area contributed by atoms with Crippen LogP contribution in [-0.2, 0) is 11.3 Å². The van der Waals surface area contributed by atoms with Crippen LogP contribution in [-0.4, -0.2) is 29.1 Å². The highest BCUT2D eigenvalue weighted by atomic mass is 35.5. The van der Waals surface area contributed by atoms with Crippen LogP contribution in [0.5, 0.6) is 0 Å². The van der Waals surface area contributed by atoms with E-state index in [-0.39, 0.29) is 5.92 Å². The molecule has 0 unspecified atom stereocenters. The minimum atomic E-state index is -0.707. The third kappa shape index (κ3) is 3.37. The van der Waals surface area contributed by atoms with Gasteiger partial charge < -0.3 is 5.11 Å². The van der Waals surface area contributed by atoms with Gasteiger partial charge in [-0.05, 0) is 37.1 Å². The molecule has 1 aromatic rings. The molecule has 0 amide bonds. The second kappa shape index (κ2) is 5.91. The molecule has 1 N–H and O–H groups in total. The molecular weight excluding hydrogens is 273 g/mol. The van der Waals surface area contributed by atoms with Crippen LogP contribution in [0.4, 0.5) is 0 Å². The van der Waals surface area contributed by atoms with E-state index >= 15 is 0 Å². The maximum absolute atomic E-state index is 11.0. The summed E-state index contributed by atoms with van der Waals surface area (Å²) in [5.41, 5.74) is 0.993. The summed E-state index contributed by atoms with van der Waals surface area (Å²) in [7, 11) is 0. The topological polar surface area (TPSA) is 40.5 Å². The lowest BCUT2D eigenvalue weighted by atomic mass is 9.98. The molecule has 0 bridgehead atoms. The van der Waals surface area contributed by atoms with Gasteiger partial charge in [-0.2, -0.15) is 0 Å². The highest BCUT2D eigenvalue weighted by Gasteiger charge is 2.25. The van der Waals surface area contributed by atoms with Crippen LogP contribution in [0, 0.1) is 5.92 Å². The van der Waals surface area contributed by atoms with Crippen LogP contribution in [0.15, 0.2) is 18.2 Å². The van der Waals surface area contributed by atoms with E-state index in [1.165, 1.54) is 0 Å². The number of likely N-dealkylation sites (tertiary alicyclic amines) is 1. The van der Waals surface area contributed by atoms with Crippen molar-refractivity contribution in [3.63, 3.8) is 0 Å². The maximum Gasteiger partial charge on any atom is 0.307 e. The number of carboxylic acids is 1. The largest absolute Gasteiger partial charge is 0.481 e. The number of benzene rings is 1. The predicted molar refractivity (Wildman–Crippen MR) is 72.1 cm³/mol. The van der Waals surface area contributed by atoms with E-state index in [2.05, 4.69) is 4.90 Å². The molecule has 1 atom stereocenters. The van der Waals surface area contributed by atoms with E-state index in [9.17, 15) is 4.79 Å². The average Bonchev–Trinajstić information content (AvgIpc) is 2.33. The number of rotatable bonds is 3. The highest BCUT2D eigenvalue weighted by molar-refractivity contribution is 6.35. The van der Waals surface area contributed by atoms with Gasteiger partial charge in [-0.25, -0.2) is 0 Å². The van der Waals surface area contributed by atoms with Gasteiger partial charge in [0, 0.05) is 23.1 Å². The summed E-state index contributed by atoms with van der Waals surface area (Å²) in [5, 5.41) is 10.3. The zero-order valence-electron chi connectivity index (χ0n) is 9.90. The van der Waals surface area contributed by atoms with Gasteiger partial charge >= 0.3 is 5.97 Å². The normalized spacial score (nSPS) is 20.9. The standard InChI is InChI=1S/C13H15Cl2NO2/c14-11-4-3-9(12(15)6-11)7-16-5-1-2-10(8-16)13(17)18/h3-4,6,10H,1-2,5,7-8H2,(H,17,18)/t10-/m0/s1. The van der Waals surface area contributed by atoms with Gasteiger partial charge in [0.2, 0.25) is 0 Å². The molecule has 1 aliphatic rings. The molecule has 98 valence electrons. The zero-order chi connectivity index (χ0) is 13.1. The molecule has 1 saturated heterocycles. The maximum atomic E-state index is 11.0. The first-order chi connectivity index (χ1) is 8.56. The van der Waals surface area contributed by atoms with E-state index in [1.54, 1.807) is 12.1 Å². The van der Waals surface area contributed by atoms with Crippen LogP contribution in [0.2, 0.25) is 10.0 Å². The number of hydrogen-bond donors (Lipinski definition) is 1. The summed E-state index contributed by atoms with van der Waals surface area (Å²) in [5.74, 6) is -0.966. The van der Waals surface area contributed by atoms with Crippen molar-refractivity contribution in [2.24, 2.45) is 5.92 Å². The van der Waals surface area contributed by atoms with Crippen LogP contribution >= 0.6 is 23.2 Å². The van der Waals surface area contributed by atoms with Crippen LogP contribution in [0.3, 0.4) is 0 Å². The average molecular weight is 288 g/mol. The Balaban J connectivity index is 2.02. The number of aliphatic carboxylic acids is 1. The summed E-state index contributed by atoms with van der Waals surface area (Å²) in [6.45, 7) is 2.19. The quantitative estimate of drug-likeness (QED) is 0.927. The lowest BCUT2D eigenvalue weighted by Gasteiger charge is -2.30. The number of carbonyl (C=O) groups is 1. The van der Waals surface area contributed by atoms with E-state index in [4.69, 9.17) is 28.3 Å². The van der Waals surface area contributed by atoms with Crippen molar-refractivity contribution in [3.8, 4) is 0 Å². The van der Waals surface area contributed by atoms with Crippen LogP contribution in [0.1, 0.15) is 18.4 Å². The molecule has 2 rings (SSSR count). The fourth-order valence-corrected chi connectivity index (χ4v) is 2.76. The Labute approximate surface area is 116 Å². The molecule has 1 heterocycles. The summed E-state index contributed by atoms with van der Waals surface area (Å²) in [6.07, 6.45) is 1.68. The van der Waals surface area contributed by atoms with Crippen molar-refractivity contribution in [2.75, 3.05) is 13.1 Å². The van der Waals surface area contributed by atoms with Gasteiger partial charge in [0.15, 0.2) is 0 Å². The molecule has 0 saturated carbocycles. The molecule has 1 aliphatic heterocycles. The van der Waals surface area contributed by atoms with Crippen molar-refractivity contribution in [3.05, 3.63) is 33.8 Å².